The average Bonchev–Trinajstić information content (AvgIpc) is 2.56. The summed E-state index contributed by atoms with van der Waals surface area (Å²) in [6.07, 6.45) is 0.00892. The Kier molecular flexibility index (Phi) is 5.93. The van der Waals surface area contributed by atoms with E-state index in [1.807, 2.05) is 37.3 Å². The molecule has 6 nitrogen and oxygen atoms in total. The van der Waals surface area contributed by atoms with E-state index in [1.165, 1.54) is 4.31 Å². The van der Waals surface area contributed by atoms with Crippen molar-refractivity contribution >= 4 is 21.6 Å². The second kappa shape index (κ2) is 7.71. The van der Waals surface area contributed by atoms with Crippen LogP contribution in [0.4, 0.5) is 5.69 Å². The third-order valence-corrected chi connectivity index (χ3v) is 5.60. The SMILES string of the molecule is CCN(C(=O)CCS(=O)(=O)N1CCNCC1)c1ccccc1. The fourth-order valence-corrected chi connectivity index (χ4v) is 3.94. The normalized spacial score (nSPS) is 16.4. The van der Waals surface area contributed by atoms with Crippen molar-refractivity contribution in [2.24, 2.45) is 0 Å². The van der Waals surface area contributed by atoms with E-state index in [0.717, 1.165) is 5.69 Å². The molecule has 1 saturated heterocycles. The minimum atomic E-state index is -3.36. The van der Waals surface area contributed by atoms with Gasteiger partial charge in [-0.25, -0.2) is 8.42 Å². The standard InChI is InChI=1S/C15H23N3O3S/c1-2-18(14-6-4-3-5-7-14)15(19)8-13-22(20,21)17-11-9-16-10-12-17/h3-7,16H,2,8-13H2,1H3. The molecule has 1 aromatic rings. The van der Waals surface area contributed by atoms with Crippen LogP contribution in [0.5, 0.6) is 0 Å². The highest BCUT2D eigenvalue weighted by Crippen LogP contribution is 2.15. The lowest BCUT2D eigenvalue weighted by atomic mass is 10.2. The molecule has 0 atom stereocenters. The molecule has 0 bridgehead atoms. The molecule has 1 heterocycles. The maximum atomic E-state index is 12.3. The first-order valence-corrected chi connectivity index (χ1v) is 9.19. The van der Waals surface area contributed by atoms with Gasteiger partial charge in [-0.1, -0.05) is 18.2 Å². The van der Waals surface area contributed by atoms with Crippen LogP contribution in [0.1, 0.15) is 13.3 Å². The zero-order valence-corrected chi connectivity index (χ0v) is 13.7. The maximum Gasteiger partial charge on any atom is 0.228 e. The van der Waals surface area contributed by atoms with Crippen molar-refractivity contribution in [2.45, 2.75) is 13.3 Å². The number of amides is 1. The van der Waals surface area contributed by atoms with Gasteiger partial charge in [0, 0.05) is 44.8 Å². The largest absolute Gasteiger partial charge is 0.314 e. The minimum absolute atomic E-state index is 0.00892. The highest BCUT2D eigenvalue weighted by molar-refractivity contribution is 7.89. The smallest absolute Gasteiger partial charge is 0.228 e. The molecule has 1 aromatic carbocycles. The van der Waals surface area contributed by atoms with Gasteiger partial charge in [0.2, 0.25) is 15.9 Å². The number of carbonyl (C=O) groups is 1. The first-order chi connectivity index (χ1) is 10.5. The van der Waals surface area contributed by atoms with Crippen molar-refractivity contribution in [3.63, 3.8) is 0 Å². The Morgan fingerprint density at radius 2 is 1.86 bits per heavy atom. The number of carbonyl (C=O) groups excluding carboxylic acids is 1. The molecule has 0 saturated carbocycles. The monoisotopic (exact) mass is 325 g/mol. The lowest BCUT2D eigenvalue weighted by Gasteiger charge is -2.27. The summed E-state index contributed by atoms with van der Waals surface area (Å²) >= 11 is 0. The highest BCUT2D eigenvalue weighted by atomic mass is 32.2. The van der Waals surface area contributed by atoms with Crippen LogP contribution in [0, 0.1) is 0 Å². The number of hydrogen-bond donors (Lipinski definition) is 1. The van der Waals surface area contributed by atoms with Crippen molar-refractivity contribution in [1.29, 1.82) is 0 Å². The molecule has 1 N–H and O–H groups in total. The molecule has 0 radical (unpaired) electrons. The van der Waals surface area contributed by atoms with Crippen LogP contribution in [0.3, 0.4) is 0 Å². The molecule has 2 rings (SSSR count). The summed E-state index contributed by atoms with van der Waals surface area (Å²) < 4.78 is 26.0. The van der Waals surface area contributed by atoms with Crippen LogP contribution in [-0.4, -0.2) is 57.1 Å². The number of nitrogens with one attached hydrogen (secondary N) is 1. The topological polar surface area (TPSA) is 69.7 Å². The second-order valence-corrected chi connectivity index (χ2v) is 7.28. The second-order valence-electron chi connectivity index (χ2n) is 5.19. The first-order valence-electron chi connectivity index (χ1n) is 7.58. The summed E-state index contributed by atoms with van der Waals surface area (Å²) in [4.78, 5) is 14.0. The molecular formula is C15H23N3O3S. The van der Waals surface area contributed by atoms with E-state index in [-0.39, 0.29) is 18.1 Å². The van der Waals surface area contributed by atoms with Crippen molar-refractivity contribution in [1.82, 2.24) is 9.62 Å². The molecule has 1 aliphatic heterocycles. The van der Waals surface area contributed by atoms with Crippen LogP contribution < -0.4 is 10.2 Å². The molecule has 122 valence electrons. The fraction of sp³-hybridized carbons (Fsp3) is 0.533. The molecular weight excluding hydrogens is 302 g/mol. The third-order valence-electron chi connectivity index (χ3n) is 3.73. The molecule has 0 aromatic heterocycles. The van der Waals surface area contributed by atoms with Gasteiger partial charge in [0.25, 0.3) is 0 Å². The maximum absolute atomic E-state index is 12.3. The molecule has 0 unspecified atom stereocenters. The lowest BCUT2D eigenvalue weighted by molar-refractivity contribution is -0.118. The van der Waals surface area contributed by atoms with Crippen LogP contribution in [0.2, 0.25) is 0 Å². The number of nitrogens with zero attached hydrogens (tertiary/aromatic N) is 2. The Morgan fingerprint density at radius 3 is 2.45 bits per heavy atom. The van der Waals surface area contributed by atoms with E-state index in [0.29, 0.717) is 32.7 Å². The Morgan fingerprint density at radius 1 is 1.23 bits per heavy atom. The summed E-state index contributed by atoms with van der Waals surface area (Å²) in [5, 5.41) is 3.12. The van der Waals surface area contributed by atoms with Gasteiger partial charge in [-0.2, -0.15) is 4.31 Å². The molecule has 7 heteroatoms. The zero-order chi connectivity index (χ0) is 16.0. The van der Waals surface area contributed by atoms with Gasteiger partial charge in [-0.3, -0.25) is 4.79 Å². The van der Waals surface area contributed by atoms with Crippen molar-refractivity contribution in [3.05, 3.63) is 30.3 Å². The number of benzene rings is 1. The number of anilines is 1. The number of rotatable bonds is 6. The van der Waals surface area contributed by atoms with E-state index in [4.69, 9.17) is 0 Å². The van der Waals surface area contributed by atoms with E-state index in [9.17, 15) is 13.2 Å². The third kappa shape index (κ3) is 4.28. The van der Waals surface area contributed by atoms with E-state index in [1.54, 1.807) is 4.90 Å². The molecule has 0 aliphatic carbocycles. The number of para-hydroxylation sites is 1. The summed E-state index contributed by atoms with van der Waals surface area (Å²) in [6.45, 7) is 4.70. The number of hydrogen-bond acceptors (Lipinski definition) is 4. The van der Waals surface area contributed by atoms with Crippen LogP contribution in [0.15, 0.2) is 30.3 Å². The van der Waals surface area contributed by atoms with Crippen LogP contribution in [0.25, 0.3) is 0 Å². The summed E-state index contributed by atoms with van der Waals surface area (Å²) in [5.74, 6) is -0.290. The van der Waals surface area contributed by atoms with Gasteiger partial charge in [0.1, 0.15) is 0 Å². The highest BCUT2D eigenvalue weighted by Gasteiger charge is 2.25. The van der Waals surface area contributed by atoms with Gasteiger partial charge in [-0.15, -0.1) is 0 Å². The van der Waals surface area contributed by atoms with Crippen molar-refractivity contribution in [3.8, 4) is 0 Å². The summed E-state index contributed by atoms with van der Waals surface area (Å²) in [6, 6.07) is 9.32. The number of sulfonamides is 1. The van der Waals surface area contributed by atoms with Gasteiger partial charge < -0.3 is 10.2 Å². The Bertz CT molecular complexity index is 583. The molecule has 1 fully saturated rings. The van der Waals surface area contributed by atoms with Crippen LogP contribution in [-0.2, 0) is 14.8 Å². The number of piperazine rings is 1. The Hall–Kier alpha value is -1.44. The van der Waals surface area contributed by atoms with Crippen LogP contribution >= 0.6 is 0 Å². The lowest BCUT2D eigenvalue weighted by Crippen LogP contribution is -2.47. The van der Waals surface area contributed by atoms with E-state index < -0.39 is 10.0 Å². The predicted octanol–water partition coefficient (Wildman–Crippen LogP) is 0.665. The fourth-order valence-electron chi connectivity index (χ4n) is 2.51. The first kappa shape index (κ1) is 16.9. The molecule has 1 amide bonds. The molecule has 0 spiro atoms. The minimum Gasteiger partial charge on any atom is -0.314 e. The van der Waals surface area contributed by atoms with Gasteiger partial charge >= 0.3 is 0 Å². The molecule has 1 aliphatic rings. The van der Waals surface area contributed by atoms with Crippen molar-refractivity contribution in [2.75, 3.05) is 43.4 Å². The predicted molar refractivity (Wildman–Crippen MR) is 87.3 cm³/mol. The van der Waals surface area contributed by atoms with E-state index >= 15 is 0 Å². The van der Waals surface area contributed by atoms with Gasteiger partial charge in [0.05, 0.1) is 5.75 Å². The van der Waals surface area contributed by atoms with E-state index in [2.05, 4.69) is 5.32 Å². The quantitative estimate of drug-likeness (QED) is 0.834. The van der Waals surface area contributed by atoms with Gasteiger partial charge in [0.15, 0.2) is 0 Å². The average molecular weight is 325 g/mol. The Labute approximate surface area is 132 Å². The Balaban J connectivity index is 1.96. The summed E-state index contributed by atoms with van der Waals surface area (Å²) in [7, 11) is -3.36. The van der Waals surface area contributed by atoms with Gasteiger partial charge in [-0.05, 0) is 19.1 Å². The zero-order valence-electron chi connectivity index (χ0n) is 12.9. The summed E-state index contributed by atoms with van der Waals surface area (Å²) in [5.41, 5.74) is 0.801. The van der Waals surface area contributed by atoms with Crippen molar-refractivity contribution < 1.29 is 13.2 Å². The molecule has 22 heavy (non-hydrogen) atoms.